The second-order valence-corrected chi connectivity index (χ2v) is 4.84. The molecule has 0 bridgehead atoms. The van der Waals surface area contributed by atoms with Crippen LogP contribution in [-0.4, -0.2) is 33.5 Å². The highest BCUT2D eigenvalue weighted by Gasteiger charge is 2.16. The van der Waals surface area contributed by atoms with Crippen LogP contribution >= 0.6 is 0 Å². The van der Waals surface area contributed by atoms with E-state index in [-0.39, 0.29) is 0 Å². The Morgan fingerprint density at radius 3 is 2.82 bits per heavy atom. The normalized spacial score (nSPS) is 18.7. The van der Waals surface area contributed by atoms with Gasteiger partial charge in [-0.1, -0.05) is 6.92 Å². The lowest BCUT2D eigenvalue weighted by atomic mass is 10.00. The van der Waals surface area contributed by atoms with E-state index in [1.54, 1.807) is 6.33 Å². The van der Waals surface area contributed by atoms with Crippen LogP contribution in [0.2, 0.25) is 0 Å². The van der Waals surface area contributed by atoms with Crippen molar-refractivity contribution in [3.05, 3.63) is 18.2 Å². The topological polar surface area (TPSA) is 59.4 Å². The van der Waals surface area contributed by atoms with Gasteiger partial charge in [-0.05, 0) is 18.8 Å². The molecule has 1 aromatic rings. The molecule has 0 unspecified atom stereocenters. The molecule has 1 fully saturated rings. The Bertz CT molecular complexity index is 387. The van der Waals surface area contributed by atoms with E-state index in [4.69, 9.17) is 5.73 Å². The van der Waals surface area contributed by atoms with E-state index in [1.807, 2.05) is 17.8 Å². The molecule has 0 spiro atoms. The first kappa shape index (κ1) is 12.0. The maximum absolute atomic E-state index is 6.01. The Morgan fingerprint density at radius 1 is 1.53 bits per heavy atom. The predicted octanol–water partition coefficient (Wildman–Crippen LogP) is 0.967. The minimum Gasteiger partial charge on any atom is -0.370 e. The molecule has 0 atom stereocenters. The highest BCUT2D eigenvalue weighted by molar-refractivity contribution is 5.78. The van der Waals surface area contributed by atoms with Gasteiger partial charge >= 0.3 is 0 Å². The molecular weight excluding hydrogens is 214 g/mol. The van der Waals surface area contributed by atoms with Crippen molar-refractivity contribution < 1.29 is 0 Å². The Labute approximate surface area is 102 Å². The number of guanidine groups is 1. The van der Waals surface area contributed by atoms with Gasteiger partial charge in [-0.25, -0.2) is 9.98 Å². The average Bonchev–Trinajstić information content (AvgIpc) is 2.73. The number of hydrogen-bond donors (Lipinski definition) is 1. The molecule has 5 nitrogen and oxygen atoms in total. The highest BCUT2D eigenvalue weighted by Crippen LogP contribution is 2.15. The summed E-state index contributed by atoms with van der Waals surface area (Å²) >= 11 is 0. The van der Waals surface area contributed by atoms with Gasteiger partial charge in [0, 0.05) is 20.1 Å². The fourth-order valence-electron chi connectivity index (χ4n) is 2.04. The van der Waals surface area contributed by atoms with Gasteiger partial charge in [0.2, 0.25) is 0 Å². The number of aromatic nitrogens is 2. The van der Waals surface area contributed by atoms with Crippen molar-refractivity contribution >= 4 is 5.96 Å². The molecule has 0 aromatic carbocycles. The van der Waals surface area contributed by atoms with Crippen LogP contribution in [0.15, 0.2) is 17.5 Å². The van der Waals surface area contributed by atoms with E-state index in [0.717, 1.165) is 24.7 Å². The fourth-order valence-corrected chi connectivity index (χ4v) is 2.04. The summed E-state index contributed by atoms with van der Waals surface area (Å²) in [5, 5.41) is 0. The minimum absolute atomic E-state index is 0.606. The van der Waals surface area contributed by atoms with E-state index in [0.29, 0.717) is 12.5 Å². The van der Waals surface area contributed by atoms with Crippen LogP contribution in [0.3, 0.4) is 0 Å². The molecule has 17 heavy (non-hydrogen) atoms. The van der Waals surface area contributed by atoms with Crippen LogP contribution in [0.1, 0.15) is 25.5 Å². The Balaban J connectivity index is 1.91. The Hall–Kier alpha value is -1.52. The van der Waals surface area contributed by atoms with Gasteiger partial charge in [-0.2, -0.15) is 0 Å². The highest BCUT2D eigenvalue weighted by atomic mass is 15.3. The summed E-state index contributed by atoms with van der Waals surface area (Å²) in [6, 6.07) is 0. The summed E-state index contributed by atoms with van der Waals surface area (Å²) in [5.41, 5.74) is 7.09. The molecule has 5 heteroatoms. The van der Waals surface area contributed by atoms with Gasteiger partial charge in [0.25, 0.3) is 0 Å². The summed E-state index contributed by atoms with van der Waals surface area (Å²) in [6.45, 7) is 4.96. The first-order chi connectivity index (χ1) is 8.16. The van der Waals surface area contributed by atoms with Crippen molar-refractivity contribution in [2.24, 2.45) is 23.7 Å². The SMILES string of the molecule is CC1CCN(C(N)=NCc2cncn2C)CC1. The molecule has 0 amide bonds. The molecule has 2 N–H and O–H groups in total. The van der Waals surface area contributed by atoms with Crippen molar-refractivity contribution in [3.63, 3.8) is 0 Å². The van der Waals surface area contributed by atoms with Gasteiger partial charge in [-0.3, -0.25) is 0 Å². The first-order valence-corrected chi connectivity index (χ1v) is 6.17. The lowest BCUT2D eigenvalue weighted by Gasteiger charge is -2.31. The number of nitrogens with zero attached hydrogens (tertiary/aromatic N) is 4. The maximum Gasteiger partial charge on any atom is 0.191 e. The second-order valence-electron chi connectivity index (χ2n) is 4.84. The lowest BCUT2D eigenvalue weighted by Crippen LogP contribution is -2.42. The lowest BCUT2D eigenvalue weighted by molar-refractivity contribution is 0.277. The summed E-state index contributed by atoms with van der Waals surface area (Å²) in [4.78, 5) is 10.7. The molecule has 0 saturated carbocycles. The summed E-state index contributed by atoms with van der Waals surface area (Å²) < 4.78 is 1.97. The number of aryl methyl sites for hydroxylation is 1. The number of hydrogen-bond acceptors (Lipinski definition) is 2. The molecule has 94 valence electrons. The number of piperidine rings is 1. The van der Waals surface area contributed by atoms with Crippen LogP contribution in [-0.2, 0) is 13.6 Å². The number of aliphatic imine (C=N–C) groups is 1. The van der Waals surface area contributed by atoms with Gasteiger partial charge in [-0.15, -0.1) is 0 Å². The fraction of sp³-hybridized carbons (Fsp3) is 0.667. The quantitative estimate of drug-likeness (QED) is 0.613. The van der Waals surface area contributed by atoms with Gasteiger partial charge in [0.15, 0.2) is 5.96 Å². The van der Waals surface area contributed by atoms with E-state index in [9.17, 15) is 0 Å². The largest absolute Gasteiger partial charge is 0.370 e. The summed E-state index contributed by atoms with van der Waals surface area (Å²) in [5.74, 6) is 1.48. The monoisotopic (exact) mass is 235 g/mol. The van der Waals surface area contributed by atoms with E-state index in [2.05, 4.69) is 21.8 Å². The second kappa shape index (κ2) is 5.21. The third-order valence-electron chi connectivity index (χ3n) is 3.43. The van der Waals surface area contributed by atoms with Gasteiger partial charge in [0.05, 0.1) is 24.8 Å². The van der Waals surface area contributed by atoms with E-state index >= 15 is 0 Å². The molecule has 2 rings (SSSR count). The molecule has 1 aliphatic rings. The first-order valence-electron chi connectivity index (χ1n) is 6.17. The van der Waals surface area contributed by atoms with Crippen molar-refractivity contribution in [2.75, 3.05) is 13.1 Å². The zero-order chi connectivity index (χ0) is 12.3. The molecule has 1 aliphatic heterocycles. The number of likely N-dealkylation sites (tertiary alicyclic amines) is 1. The zero-order valence-corrected chi connectivity index (χ0v) is 10.6. The smallest absolute Gasteiger partial charge is 0.191 e. The summed E-state index contributed by atoms with van der Waals surface area (Å²) in [6.07, 6.45) is 6.03. The molecule has 0 radical (unpaired) electrons. The number of rotatable bonds is 2. The third kappa shape index (κ3) is 2.99. The number of imidazole rings is 1. The number of nitrogens with two attached hydrogens (primary N) is 1. The average molecular weight is 235 g/mol. The zero-order valence-electron chi connectivity index (χ0n) is 10.6. The van der Waals surface area contributed by atoms with Crippen LogP contribution in [0.5, 0.6) is 0 Å². The Morgan fingerprint density at radius 2 is 2.24 bits per heavy atom. The maximum atomic E-state index is 6.01. The third-order valence-corrected chi connectivity index (χ3v) is 3.43. The molecule has 0 aliphatic carbocycles. The predicted molar refractivity (Wildman–Crippen MR) is 68.5 cm³/mol. The van der Waals surface area contributed by atoms with Crippen molar-refractivity contribution in [1.82, 2.24) is 14.5 Å². The van der Waals surface area contributed by atoms with Gasteiger partial charge < -0.3 is 15.2 Å². The minimum atomic E-state index is 0.606. The standard InChI is InChI=1S/C12H21N5/c1-10-3-5-17(6-4-10)12(13)15-8-11-7-14-9-16(11)2/h7,9-10H,3-6,8H2,1-2H3,(H2,13,15). The van der Waals surface area contributed by atoms with Crippen LogP contribution in [0.4, 0.5) is 0 Å². The van der Waals surface area contributed by atoms with Gasteiger partial charge in [0.1, 0.15) is 0 Å². The summed E-state index contributed by atoms with van der Waals surface area (Å²) in [7, 11) is 1.97. The Kier molecular flexibility index (Phi) is 3.66. The van der Waals surface area contributed by atoms with Crippen molar-refractivity contribution in [2.45, 2.75) is 26.3 Å². The van der Waals surface area contributed by atoms with Crippen molar-refractivity contribution in [3.8, 4) is 0 Å². The molecule has 2 heterocycles. The molecular formula is C12H21N5. The van der Waals surface area contributed by atoms with E-state index < -0.39 is 0 Å². The van der Waals surface area contributed by atoms with E-state index in [1.165, 1.54) is 12.8 Å². The molecule has 1 aromatic heterocycles. The van der Waals surface area contributed by atoms with Crippen LogP contribution < -0.4 is 5.73 Å². The van der Waals surface area contributed by atoms with Crippen LogP contribution in [0.25, 0.3) is 0 Å². The van der Waals surface area contributed by atoms with Crippen LogP contribution in [0, 0.1) is 5.92 Å². The van der Waals surface area contributed by atoms with Crippen molar-refractivity contribution in [1.29, 1.82) is 0 Å². The molecule has 1 saturated heterocycles.